The van der Waals surface area contributed by atoms with Crippen molar-refractivity contribution in [3.8, 4) is 0 Å². The minimum atomic E-state index is 0.817. The van der Waals surface area contributed by atoms with Gasteiger partial charge in [-0.3, -0.25) is 0 Å². The highest BCUT2D eigenvalue weighted by Gasteiger charge is 2.20. The fourth-order valence-electron chi connectivity index (χ4n) is 0.589. The first kappa shape index (κ1) is 6.76. The minimum Gasteiger partial charge on any atom is -0.160 e. The molecular formula is C6H11ClS. The molecule has 1 saturated carbocycles. The Morgan fingerprint density at radius 1 is 1.50 bits per heavy atom. The largest absolute Gasteiger partial charge is 0.160 e. The maximum atomic E-state index is 5.48. The van der Waals surface area contributed by atoms with Crippen molar-refractivity contribution in [1.29, 1.82) is 0 Å². The van der Waals surface area contributed by atoms with Crippen molar-refractivity contribution in [3.63, 3.8) is 0 Å². The van der Waals surface area contributed by atoms with E-state index in [2.05, 4.69) is 0 Å². The average Bonchev–Trinajstić information content (AvgIpc) is 2.51. The Hall–Kier alpha value is 0.640. The number of thioether (sulfide) groups is 1. The van der Waals surface area contributed by atoms with Crippen LogP contribution in [0.25, 0.3) is 0 Å². The Morgan fingerprint density at radius 3 is 2.75 bits per heavy atom. The molecule has 0 heterocycles. The van der Waals surface area contributed by atoms with Gasteiger partial charge >= 0.3 is 0 Å². The molecule has 0 atom stereocenters. The van der Waals surface area contributed by atoms with Gasteiger partial charge in [-0.1, -0.05) is 0 Å². The summed E-state index contributed by atoms with van der Waals surface area (Å²) in [7, 11) is 0. The predicted octanol–water partition coefficient (Wildman–Crippen LogP) is 2.37. The molecule has 0 aliphatic heterocycles. The molecule has 0 aromatic carbocycles. The maximum absolute atomic E-state index is 5.48. The molecule has 48 valence electrons. The second-order valence-electron chi connectivity index (χ2n) is 2.21. The van der Waals surface area contributed by atoms with Gasteiger partial charge in [-0.05, 0) is 24.5 Å². The summed E-state index contributed by atoms with van der Waals surface area (Å²) >= 11 is 7.48. The molecule has 1 aliphatic rings. The first-order valence-electron chi connectivity index (χ1n) is 3.07. The molecule has 0 radical (unpaired) electrons. The summed E-state index contributed by atoms with van der Waals surface area (Å²) in [6.07, 6.45) is 2.94. The highest BCUT2D eigenvalue weighted by Crippen LogP contribution is 2.32. The lowest BCUT2D eigenvalue weighted by atomic mass is 10.5. The van der Waals surface area contributed by atoms with Gasteiger partial charge in [0.1, 0.15) is 0 Å². The van der Waals surface area contributed by atoms with Gasteiger partial charge in [0, 0.05) is 11.6 Å². The van der Waals surface area contributed by atoms with E-state index in [1.165, 1.54) is 18.6 Å². The van der Waals surface area contributed by atoms with Crippen LogP contribution in [0.5, 0.6) is 0 Å². The van der Waals surface area contributed by atoms with Gasteiger partial charge in [-0.15, -0.1) is 11.6 Å². The topological polar surface area (TPSA) is 0 Å². The van der Waals surface area contributed by atoms with Crippen molar-refractivity contribution in [1.82, 2.24) is 0 Å². The Balaban J connectivity index is 1.74. The van der Waals surface area contributed by atoms with E-state index in [1.54, 1.807) is 0 Å². The van der Waals surface area contributed by atoms with E-state index in [0.717, 1.165) is 17.6 Å². The van der Waals surface area contributed by atoms with Crippen LogP contribution < -0.4 is 0 Å². The van der Waals surface area contributed by atoms with Gasteiger partial charge in [0.2, 0.25) is 0 Å². The summed E-state index contributed by atoms with van der Waals surface area (Å²) < 4.78 is 0. The number of hydrogen-bond acceptors (Lipinski definition) is 1. The molecule has 1 fully saturated rings. The van der Waals surface area contributed by atoms with Crippen molar-refractivity contribution in [2.24, 2.45) is 5.92 Å². The van der Waals surface area contributed by atoms with E-state index in [1.807, 2.05) is 11.8 Å². The molecule has 0 unspecified atom stereocenters. The van der Waals surface area contributed by atoms with Crippen molar-refractivity contribution in [2.75, 3.05) is 17.4 Å². The lowest BCUT2D eigenvalue weighted by Crippen LogP contribution is -1.84. The quantitative estimate of drug-likeness (QED) is 0.438. The van der Waals surface area contributed by atoms with E-state index in [-0.39, 0.29) is 0 Å². The van der Waals surface area contributed by atoms with Crippen LogP contribution in [-0.4, -0.2) is 17.4 Å². The molecule has 0 N–H and O–H groups in total. The number of alkyl halides is 1. The van der Waals surface area contributed by atoms with Crippen LogP contribution in [0.15, 0.2) is 0 Å². The summed E-state index contributed by atoms with van der Waals surface area (Å²) in [5, 5.41) is 0. The van der Waals surface area contributed by atoms with Gasteiger partial charge in [0.05, 0.1) is 0 Å². The first-order valence-corrected chi connectivity index (χ1v) is 4.76. The smallest absolute Gasteiger partial charge is 0.0314 e. The van der Waals surface area contributed by atoms with E-state index in [9.17, 15) is 0 Å². The van der Waals surface area contributed by atoms with Crippen LogP contribution in [0, 0.1) is 5.92 Å². The highest BCUT2D eigenvalue weighted by molar-refractivity contribution is 7.99. The lowest BCUT2D eigenvalue weighted by Gasteiger charge is -1.92. The second-order valence-corrected chi connectivity index (χ2v) is 3.74. The molecule has 0 bridgehead atoms. The zero-order valence-electron chi connectivity index (χ0n) is 4.90. The monoisotopic (exact) mass is 150 g/mol. The second kappa shape index (κ2) is 3.62. The van der Waals surface area contributed by atoms with Crippen molar-refractivity contribution in [2.45, 2.75) is 12.8 Å². The molecule has 1 rings (SSSR count). The Labute approximate surface area is 60.0 Å². The number of hydrogen-bond donors (Lipinski definition) is 0. The van der Waals surface area contributed by atoms with E-state index in [4.69, 9.17) is 11.6 Å². The van der Waals surface area contributed by atoms with Gasteiger partial charge in [-0.2, -0.15) is 11.8 Å². The van der Waals surface area contributed by atoms with Crippen molar-refractivity contribution < 1.29 is 0 Å². The molecule has 0 amide bonds. The van der Waals surface area contributed by atoms with Crippen LogP contribution in [-0.2, 0) is 0 Å². The Kier molecular flexibility index (Phi) is 3.06. The first-order chi connectivity index (χ1) is 3.93. The Bertz CT molecular complexity index is 61.5. The third kappa shape index (κ3) is 2.83. The summed E-state index contributed by atoms with van der Waals surface area (Å²) in [6.45, 7) is 0. The molecule has 0 nitrogen and oxygen atoms in total. The SMILES string of the molecule is ClCCSCC1CC1. The van der Waals surface area contributed by atoms with E-state index < -0.39 is 0 Å². The molecule has 0 saturated heterocycles. The molecule has 0 aromatic rings. The molecule has 0 spiro atoms. The molecular weight excluding hydrogens is 140 g/mol. The minimum absolute atomic E-state index is 0.817. The Morgan fingerprint density at radius 2 is 2.25 bits per heavy atom. The third-order valence-electron chi connectivity index (χ3n) is 1.27. The van der Waals surface area contributed by atoms with Gasteiger partial charge in [-0.25, -0.2) is 0 Å². The van der Waals surface area contributed by atoms with Crippen molar-refractivity contribution in [3.05, 3.63) is 0 Å². The molecule has 8 heavy (non-hydrogen) atoms. The third-order valence-corrected chi connectivity index (χ3v) is 2.88. The summed E-state index contributed by atoms with van der Waals surface area (Å²) in [5.74, 6) is 4.37. The van der Waals surface area contributed by atoms with Crippen LogP contribution in [0.4, 0.5) is 0 Å². The van der Waals surface area contributed by atoms with E-state index >= 15 is 0 Å². The summed E-state index contributed by atoms with van der Waals surface area (Å²) in [5.41, 5.74) is 0. The summed E-state index contributed by atoms with van der Waals surface area (Å²) in [6, 6.07) is 0. The lowest BCUT2D eigenvalue weighted by molar-refractivity contribution is 1.00. The average molecular weight is 151 g/mol. The number of rotatable bonds is 4. The molecule has 2 heteroatoms. The fourth-order valence-corrected chi connectivity index (χ4v) is 1.86. The molecule has 0 aromatic heterocycles. The standard InChI is InChI=1S/C6H11ClS/c7-3-4-8-5-6-1-2-6/h6H,1-5H2. The number of halogens is 1. The van der Waals surface area contributed by atoms with Crippen LogP contribution in [0.2, 0.25) is 0 Å². The molecule has 1 aliphatic carbocycles. The van der Waals surface area contributed by atoms with Crippen LogP contribution in [0.3, 0.4) is 0 Å². The van der Waals surface area contributed by atoms with Gasteiger partial charge in [0.25, 0.3) is 0 Å². The zero-order chi connectivity index (χ0) is 5.82. The zero-order valence-corrected chi connectivity index (χ0v) is 6.47. The van der Waals surface area contributed by atoms with Crippen LogP contribution >= 0.6 is 23.4 Å². The maximum Gasteiger partial charge on any atom is 0.0314 e. The summed E-state index contributed by atoms with van der Waals surface area (Å²) in [4.78, 5) is 0. The predicted molar refractivity (Wildman–Crippen MR) is 40.8 cm³/mol. The van der Waals surface area contributed by atoms with E-state index in [0.29, 0.717) is 0 Å². The van der Waals surface area contributed by atoms with Crippen LogP contribution in [0.1, 0.15) is 12.8 Å². The van der Waals surface area contributed by atoms with Gasteiger partial charge in [0.15, 0.2) is 0 Å². The fraction of sp³-hybridized carbons (Fsp3) is 1.00. The van der Waals surface area contributed by atoms with Gasteiger partial charge < -0.3 is 0 Å². The highest BCUT2D eigenvalue weighted by atomic mass is 35.5. The normalized spacial score (nSPS) is 19.1. The van der Waals surface area contributed by atoms with Crippen molar-refractivity contribution >= 4 is 23.4 Å².